The molecule has 1 unspecified atom stereocenters. The number of nitrogens with zero attached hydrogens (tertiary/aromatic N) is 1. The standard InChI is InChI=1S/C10H9Cl2FN2O2S/c1-2-7(5-14)18(16,17)15-10-8(11)3-6(13)4-9(10)12/h3-4,7,15H,2H2,1H3. The van der Waals surface area contributed by atoms with Crippen molar-refractivity contribution in [2.75, 3.05) is 4.72 Å². The molecule has 0 aliphatic carbocycles. The van der Waals surface area contributed by atoms with Gasteiger partial charge in [0, 0.05) is 0 Å². The largest absolute Gasteiger partial charge is 0.279 e. The Bertz CT molecular complexity index is 575. The lowest BCUT2D eigenvalue weighted by Crippen LogP contribution is -2.26. The number of hydrogen-bond donors (Lipinski definition) is 1. The van der Waals surface area contributed by atoms with Crippen molar-refractivity contribution in [3.8, 4) is 6.07 Å². The van der Waals surface area contributed by atoms with Gasteiger partial charge in [-0.25, -0.2) is 12.8 Å². The molecule has 0 spiro atoms. The summed E-state index contributed by atoms with van der Waals surface area (Å²) in [6, 6.07) is 3.51. The van der Waals surface area contributed by atoms with Gasteiger partial charge >= 0.3 is 0 Å². The lowest BCUT2D eigenvalue weighted by molar-refractivity contribution is 0.592. The predicted octanol–water partition coefficient (Wildman–Crippen LogP) is 3.18. The zero-order valence-electron chi connectivity index (χ0n) is 9.25. The maximum atomic E-state index is 12.9. The van der Waals surface area contributed by atoms with Crippen molar-refractivity contribution in [3.63, 3.8) is 0 Å². The second-order valence-corrected chi connectivity index (χ2v) is 6.10. The third kappa shape index (κ3) is 3.25. The number of hydrogen-bond acceptors (Lipinski definition) is 3. The van der Waals surface area contributed by atoms with Gasteiger partial charge in [0.25, 0.3) is 0 Å². The minimum atomic E-state index is -3.94. The molecular formula is C10H9Cl2FN2O2S. The first-order chi connectivity index (χ1) is 8.31. The zero-order valence-corrected chi connectivity index (χ0v) is 11.6. The van der Waals surface area contributed by atoms with Crippen molar-refractivity contribution < 1.29 is 12.8 Å². The highest BCUT2D eigenvalue weighted by Gasteiger charge is 2.25. The fourth-order valence-corrected chi connectivity index (χ4v) is 3.12. The van der Waals surface area contributed by atoms with E-state index >= 15 is 0 Å². The number of rotatable bonds is 4. The lowest BCUT2D eigenvalue weighted by atomic mass is 10.3. The molecule has 0 saturated heterocycles. The Morgan fingerprint density at radius 2 is 1.94 bits per heavy atom. The summed E-state index contributed by atoms with van der Waals surface area (Å²) < 4.78 is 38.7. The number of nitriles is 1. The molecule has 0 aliphatic heterocycles. The minimum Gasteiger partial charge on any atom is -0.279 e. The molecule has 1 rings (SSSR count). The molecule has 18 heavy (non-hydrogen) atoms. The normalized spacial score (nSPS) is 12.8. The van der Waals surface area contributed by atoms with Gasteiger partial charge in [-0.1, -0.05) is 30.1 Å². The van der Waals surface area contributed by atoms with Gasteiger partial charge in [0.15, 0.2) is 5.25 Å². The molecule has 1 N–H and O–H groups in total. The summed E-state index contributed by atoms with van der Waals surface area (Å²) >= 11 is 11.4. The molecule has 8 heteroatoms. The summed E-state index contributed by atoms with van der Waals surface area (Å²) in [5.41, 5.74) is -0.131. The van der Waals surface area contributed by atoms with Gasteiger partial charge in [-0.3, -0.25) is 4.72 Å². The van der Waals surface area contributed by atoms with E-state index in [1.807, 2.05) is 0 Å². The molecular weight excluding hydrogens is 302 g/mol. The molecule has 0 bridgehead atoms. The van der Waals surface area contributed by atoms with E-state index in [1.54, 1.807) is 13.0 Å². The molecule has 0 saturated carbocycles. The van der Waals surface area contributed by atoms with Crippen molar-refractivity contribution in [1.29, 1.82) is 5.26 Å². The summed E-state index contributed by atoms with van der Waals surface area (Å²) in [5, 5.41) is 7.16. The first-order valence-corrected chi connectivity index (χ1v) is 7.17. The lowest BCUT2D eigenvalue weighted by Gasteiger charge is -2.13. The summed E-state index contributed by atoms with van der Waals surface area (Å²) in [5.74, 6) is -0.680. The molecule has 1 atom stereocenters. The average molecular weight is 311 g/mol. The highest BCUT2D eigenvalue weighted by Crippen LogP contribution is 2.32. The maximum Gasteiger partial charge on any atom is 0.249 e. The van der Waals surface area contributed by atoms with E-state index in [0.717, 1.165) is 12.1 Å². The number of halogens is 3. The number of sulfonamides is 1. The van der Waals surface area contributed by atoms with Crippen LogP contribution in [0, 0.1) is 17.1 Å². The Labute approximate surface area is 114 Å². The number of anilines is 1. The first-order valence-electron chi connectivity index (χ1n) is 4.87. The van der Waals surface area contributed by atoms with Crippen LogP contribution in [0.4, 0.5) is 10.1 Å². The number of benzene rings is 1. The van der Waals surface area contributed by atoms with Crippen LogP contribution in [0.1, 0.15) is 13.3 Å². The van der Waals surface area contributed by atoms with E-state index in [2.05, 4.69) is 4.72 Å². The Hall–Kier alpha value is -1.03. The van der Waals surface area contributed by atoms with Crippen molar-refractivity contribution >= 4 is 38.9 Å². The van der Waals surface area contributed by atoms with Crippen LogP contribution in [0.5, 0.6) is 0 Å². The van der Waals surface area contributed by atoms with Gasteiger partial charge in [-0.05, 0) is 18.6 Å². The second-order valence-electron chi connectivity index (χ2n) is 3.42. The summed E-state index contributed by atoms with van der Waals surface area (Å²) in [7, 11) is -3.94. The van der Waals surface area contributed by atoms with Crippen LogP contribution < -0.4 is 4.72 Å². The SMILES string of the molecule is CCC(C#N)S(=O)(=O)Nc1c(Cl)cc(F)cc1Cl. The molecule has 0 aromatic heterocycles. The molecule has 4 nitrogen and oxygen atoms in total. The molecule has 1 aromatic rings. The summed E-state index contributed by atoms with van der Waals surface area (Å²) in [4.78, 5) is 0. The second kappa shape index (κ2) is 5.74. The van der Waals surface area contributed by atoms with E-state index in [1.165, 1.54) is 0 Å². The van der Waals surface area contributed by atoms with Crippen molar-refractivity contribution in [2.45, 2.75) is 18.6 Å². The van der Waals surface area contributed by atoms with E-state index < -0.39 is 21.1 Å². The van der Waals surface area contributed by atoms with Gasteiger partial charge in [0.05, 0.1) is 21.8 Å². The Balaban J connectivity index is 3.17. The van der Waals surface area contributed by atoms with Crippen LogP contribution in [-0.2, 0) is 10.0 Å². The first kappa shape index (κ1) is 15.0. The Kier molecular flexibility index (Phi) is 4.79. The highest BCUT2D eigenvalue weighted by atomic mass is 35.5. The molecule has 0 radical (unpaired) electrons. The van der Waals surface area contributed by atoms with Crippen LogP contribution in [0.3, 0.4) is 0 Å². The quantitative estimate of drug-likeness (QED) is 0.928. The zero-order chi connectivity index (χ0) is 13.9. The fraction of sp³-hybridized carbons (Fsp3) is 0.300. The van der Waals surface area contributed by atoms with Gasteiger partial charge in [0.1, 0.15) is 5.82 Å². The highest BCUT2D eigenvalue weighted by molar-refractivity contribution is 7.93. The molecule has 1 aromatic carbocycles. The average Bonchev–Trinajstić information content (AvgIpc) is 2.24. The van der Waals surface area contributed by atoms with Gasteiger partial charge in [-0.2, -0.15) is 5.26 Å². The molecule has 0 heterocycles. The van der Waals surface area contributed by atoms with Crippen LogP contribution in [0.15, 0.2) is 12.1 Å². The molecule has 0 fully saturated rings. The van der Waals surface area contributed by atoms with Gasteiger partial charge in [0.2, 0.25) is 10.0 Å². The third-order valence-corrected chi connectivity index (χ3v) is 4.41. The van der Waals surface area contributed by atoms with Crippen molar-refractivity contribution in [2.24, 2.45) is 0 Å². The molecule has 0 aliphatic rings. The van der Waals surface area contributed by atoms with Crippen LogP contribution in [-0.4, -0.2) is 13.7 Å². The van der Waals surface area contributed by atoms with Crippen molar-refractivity contribution in [3.05, 3.63) is 28.0 Å². The molecule has 98 valence electrons. The fourth-order valence-electron chi connectivity index (χ4n) is 1.23. The molecule has 0 amide bonds. The van der Waals surface area contributed by atoms with E-state index in [4.69, 9.17) is 28.5 Å². The maximum absolute atomic E-state index is 12.9. The van der Waals surface area contributed by atoms with Gasteiger partial charge < -0.3 is 0 Å². The predicted molar refractivity (Wildman–Crippen MR) is 68.7 cm³/mol. The van der Waals surface area contributed by atoms with Crippen LogP contribution in [0.2, 0.25) is 10.0 Å². The van der Waals surface area contributed by atoms with Gasteiger partial charge in [-0.15, -0.1) is 0 Å². The Morgan fingerprint density at radius 3 is 2.33 bits per heavy atom. The smallest absolute Gasteiger partial charge is 0.249 e. The third-order valence-electron chi connectivity index (χ3n) is 2.14. The summed E-state index contributed by atoms with van der Waals surface area (Å²) in [6.07, 6.45) is 0.113. The van der Waals surface area contributed by atoms with Crippen molar-refractivity contribution in [1.82, 2.24) is 0 Å². The topological polar surface area (TPSA) is 70.0 Å². The van der Waals surface area contributed by atoms with E-state index in [-0.39, 0.29) is 22.2 Å². The van der Waals surface area contributed by atoms with E-state index in [9.17, 15) is 12.8 Å². The minimum absolute atomic E-state index is 0.113. The summed E-state index contributed by atoms with van der Waals surface area (Å²) in [6.45, 7) is 1.56. The monoisotopic (exact) mass is 310 g/mol. The van der Waals surface area contributed by atoms with Crippen LogP contribution in [0.25, 0.3) is 0 Å². The van der Waals surface area contributed by atoms with E-state index in [0.29, 0.717) is 0 Å². The number of nitrogens with one attached hydrogen (secondary N) is 1. The van der Waals surface area contributed by atoms with Crippen LogP contribution >= 0.6 is 23.2 Å². The Morgan fingerprint density at radius 1 is 1.44 bits per heavy atom.